The van der Waals surface area contributed by atoms with Crippen molar-refractivity contribution in [3.05, 3.63) is 0 Å². The fourth-order valence-electron chi connectivity index (χ4n) is 2.07. The van der Waals surface area contributed by atoms with E-state index in [0.717, 1.165) is 25.6 Å². The van der Waals surface area contributed by atoms with Gasteiger partial charge in [-0.25, -0.2) is 0 Å². The summed E-state index contributed by atoms with van der Waals surface area (Å²) in [4.78, 5) is 17.8. The highest BCUT2D eigenvalue weighted by Gasteiger charge is 2.22. The van der Waals surface area contributed by atoms with Gasteiger partial charge in [-0.15, -0.1) is 0 Å². The zero-order valence-electron chi connectivity index (χ0n) is 13.8. The van der Waals surface area contributed by atoms with Crippen molar-refractivity contribution in [2.75, 3.05) is 56.3 Å². The molecule has 1 aromatic rings. The molecule has 21 heavy (non-hydrogen) atoms. The van der Waals surface area contributed by atoms with E-state index in [0.29, 0.717) is 11.9 Å². The molecule has 7 nitrogen and oxygen atoms in total. The Balaban J connectivity index is 2.13. The van der Waals surface area contributed by atoms with E-state index in [1.807, 2.05) is 7.05 Å². The largest absolute Gasteiger partial charge is 0.357 e. The second-order valence-corrected chi connectivity index (χ2v) is 6.29. The van der Waals surface area contributed by atoms with E-state index in [9.17, 15) is 0 Å². The number of nitrogens with zero attached hydrogens (tertiary/aromatic N) is 5. The highest BCUT2D eigenvalue weighted by Crippen LogP contribution is 2.19. The van der Waals surface area contributed by atoms with Crippen LogP contribution in [0.15, 0.2) is 0 Å². The van der Waals surface area contributed by atoms with E-state index in [1.165, 1.54) is 12.8 Å². The topological polar surface area (TPSA) is 69.2 Å². The van der Waals surface area contributed by atoms with E-state index in [1.54, 1.807) is 0 Å². The van der Waals surface area contributed by atoms with Crippen molar-refractivity contribution in [2.45, 2.75) is 32.2 Å². The van der Waals surface area contributed by atoms with E-state index in [2.05, 4.69) is 63.3 Å². The first-order valence-corrected chi connectivity index (χ1v) is 7.52. The van der Waals surface area contributed by atoms with Crippen molar-refractivity contribution in [1.29, 1.82) is 0 Å². The second-order valence-electron chi connectivity index (χ2n) is 6.29. The van der Waals surface area contributed by atoms with Gasteiger partial charge in [-0.3, -0.25) is 0 Å². The number of nitrogens with one attached hydrogen (secondary N) is 2. The maximum absolute atomic E-state index is 4.56. The van der Waals surface area contributed by atoms with E-state index >= 15 is 0 Å². The Bertz CT molecular complexity index is 466. The molecule has 2 N–H and O–H groups in total. The SMILES string of the molecule is CNc1nc(NCC(C)(C)N(C)C)nc(N2CCCC2)n1. The predicted octanol–water partition coefficient (Wildman–Crippen LogP) is 1.27. The van der Waals surface area contributed by atoms with Gasteiger partial charge in [0, 0.05) is 32.2 Å². The first kappa shape index (κ1) is 15.8. The van der Waals surface area contributed by atoms with Crippen LogP contribution in [-0.2, 0) is 0 Å². The fourth-order valence-corrected chi connectivity index (χ4v) is 2.07. The second kappa shape index (κ2) is 6.43. The minimum Gasteiger partial charge on any atom is -0.357 e. The summed E-state index contributed by atoms with van der Waals surface area (Å²) in [5, 5.41) is 6.35. The van der Waals surface area contributed by atoms with Crippen LogP contribution in [0.4, 0.5) is 17.8 Å². The zero-order chi connectivity index (χ0) is 15.5. The maximum Gasteiger partial charge on any atom is 0.231 e. The summed E-state index contributed by atoms with van der Waals surface area (Å²) in [5.74, 6) is 2.00. The number of hydrogen-bond donors (Lipinski definition) is 2. The minimum atomic E-state index is 0.0280. The van der Waals surface area contributed by atoms with Gasteiger partial charge in [-0.05, 0) is 40.8 Å². The molecule has 0 aliphatic carbocycles. The molecule has 0 bridgehead atoms. The average Bonchev–Trinajstić information content (AvgIpc) is 2.99. The minimum absolute atomic E-state index is 0.0280. The molecule has 1 aliphatic rings. The molecule has 2 heterocycles. The fraction of sp³-hybridized carbons (Fsp3) is 0.786. The number of anilines is 3. The smallest absolute Gasteiger partial charge is 0.231 e. The van der Waals surface area contributed by atoms with E-state index < -0.39 is 0 Å². The number of hydrogen-bond acceptors (Lipinski definition) is 7. The number of aromatic nitrogens is 3. The number of likely N-dealkylation sites (N-methyl/N-ethyl adjacent to an activating group) is 1. The standard InChI is InChI=1S/C14H27N7/c1-14(2,20(4)5)10-16-12-17-11(15-3)18-13(19-12)21-8-6-7-9-21/h6-10H2,1-5H3,(H2,15,16,17,18,19). The van der Waals surface area contributed by atoms with Crippen molar-refractivity contribution in [3.8, 4) is 0 Å². The molecular weight excluding hydrogens is 266 g/mol. The van der Waals surface area contributed by atoms with E-state index in [-0.39, 0.29) is 5.54 Å². The van der Waals surface area contributed by atoms with Gasteiger partial charge in [-0.1, -0.05) is 0 Å². The normalized spacial score (nSPS) is 15.6. The quantitative estimate of drug-likeness (QED) is 0.818. The lowest BCUT2D eigenvalue weighted by atomic mass is 10.1. The third-order valence-electron chi connectivity index (χ3n) is 4.13. The third kappa shape index (κ3) is 3.93. The van der Waals surface area contributed by atoms with Gasteiger partial charge in [0.05, 0.1) is 0 Å². The van der Waals surface area contributed by atoms with Crippen molar-refractivity contribution in [3.63, 3.8) is 0 Å². The van der Waals surface area contributed by atoms with Crippen LogP contribution in [0.1, 0.15) is 26.7 Å². The molecule has 1 fully saturated rings. The molecule has 0 atom stereocenters. The van der Waals surface area contributed by atoms with Crippen molar-refractivity contribution in [2.24, 2.45) is 0 Å². The van der Waals surface area contributed by atoms with Gasteiger partial charge in [0.25, 0.3) is 0 Å². The zero-order valence-corrected chi connectivity index (χ0v) is 13.8. The molecule has 1 saturated heterocycles. The van der Waals surface area contributed by atoms with E-state index in [4.69, 9.17) is 0 Å². The molecule has 0 radical (unpaired) electrons. The van der Waals surface area contributed by atoms with Crippen LogP contribution in [0.3, 0.4) is 0 Å². The summed E-state index contributed by atoms with van der Waals surface area (Å²) >= 11 is 0. The Labute approximate surface area is 127 Å². The molecule has 0 saturated carbocycles. The molecule has 7 heteroatoms. The lowest BCUT2D eigenvalue weighted by Gasteiger charge is -2.32. The highest BCUT2D eigenvalue weighted by atomic mass is 15.3. The van der Waals surface area contributed by atoms with Crippen LogP contribution in [0, 0.1) is 0 Å². The molecule has 2 rings (SSSR count). The summed E-state index contributed by atoms with van der Waals surface area (Å²) in [6.45, 7) is 7.18. The van der Waals surface area contributed by atoms with Gasteiger partial charge in [0.1, 0.15) is 0 Å². The van der Waals surface area contributed by atoms with Gasteiger partial charge >= 0.3 is 0 Å². The third-order valence-corrected chi connectivity index (χ3v) is 4.13. The van der Waals surface area contributed by atoms with Crippen LogP contribution >= 0.6 is 0 Å². The summed E-state index contributed by atoms with van der Waals surface area (Å²) < 4.78 is 0. The molecular formula is C14H27N7. The van der Waals surface area contributed by atoms with Gasteiger partial charge in [0.15, 0.2) is 0 Å². The van der Waals surface area contributed by atoms with Crippen molar-refractivity contribution < 1.29 is 0 Å². The van der Waals surface area contributed by atoms with Crippen molar-refractivity contribution in [1.82, 2.24) is 19.9 Å². The molecule has 1 aromatic heterocycles. The Kier molecular flexibility index (Phi) is 4.82. The summed E-state index contributed by atoms with van der Waals surface area (Å²) in [5.41, 5.74) is 0.0280. The van der Waals surface area contributed by atoms with Crippen LogP contribution in [0.5, 0.6) is 0 Å². The van der Waals surface area contributed by atoms with Gasteiger partial charge < -0.3 is 20.4 Å². The lowest BCUT2D eigenvalue weighted by Crippen LogP contribution is -2.44. The van der Waals surface area contributed by atoms with Gasteiger partial charge in [0.2, 0.25) is 17.8 Å². The van der Waals surface area contributed by atoms with Crippen LogP contribution < -0.4 is 15.5 Å². The number of rotatable bonds is 6. The molecule has 0 unspecified atom stereocenters. The first-order chi connectivity index (χ1) is 9.92. The molecule has 0 spiro atoms. The first-order valence-electron chi connectivity index (χ1n) is 7.52. The molecule has 1 aliphatic heterocycles. The molecule has 0 amide bonds. The molecule has 118 valence electrons. The van der Waals surface area contributed by atoms with Crippen LogP contribution in [0.25, 0.3) is 0 Å². The highest BCUT2D eigenvalue weighted by molar-refractivity contribution is 5.44. The molecule has 0 aromatic carbocycles. The monoisotopic (exact) mass is 293 g/mol. The Morgan fingerprint density at radius 2 is 1.71 bits per heavy atom. The summed E-state index contributed by atoms with van der Waals surface area (Å²) in [6, 6.07) is 0. The Morgan fingerprint density at radius 3 is 2.29 bits per heavy atom. The van der Waals surface area contributed by atoms with Crippen LogP contribution in [0.2, 0.25) is 0 Å². The van der Waals surface area contributed by atoms with Gasteiger partial charge in [-0.2, -0.15) is 15.0 Å². The lowest BCUT2D eigenvalue weighted by molar-refractivity contribution is 0.209. The maximum atomic E-state index is 4.56. The Hall–Kier alpha value is -1.63. The predicted molar refractivity (Wildman–Crippen MR) is 87.1 cm³/mol. The average molecular weight is 293 g/mol. The Morgan fingerprint density at radius 1 is 1.10 bits per heavy atom. The van der Waals surface area contributed by atoms with Crippen LogP contribution in [-0.4, -0.2) is 66.2 Å². The summed E-state index contributed by atoms with van der Waals surface area (Å²) in [6.07, 6.45) is 2.41. The van der Waals surface area contributed by atoms with Crippen molar-refractivity contribution >= 4 is 17.8 Å². The summed E-state index contributed by atoms with van der Waals surface area (Å²) in [7, 11) is 5.98.